The molecule has 2 rings (SSSR count). The van der Waals surface area contributed by atoms with E-state index in [9.17, 15) is 18.4 Å². The molecule has 1 unspecified atom stereocenters. The van der Waals surface area contributed by atoms with E-state index in [-0.39, 0.29) is 18.2 Å². The van der Waals surface area contributed by atoms with Crippen molar-refractivity contribution < 1.29 is 23.1 Å². The number of halogens is 2. The van der Waals surface area contributed by atoms with Gasteiger partial charge in [0.2, 0.25) is 0 Å². The fourth-order valence-corrected chi connectivity index (χ4v) is 2.83. The zero-order valence-electron chi connectivity index (χ0n) is 15.3. The lowest BCUT2D eigenvalue weighted by Gasteiger charge is -2.33. The highest BCUT2D eigenvalue weighted by atomic mass is 19.1. The van der Waals surface area contributed by atoms with Crippen LogP contribution in [0.1, 0.15) is 49.5 Å². The highest BCUT2D eigenvalue weighted by Gasteiger charge is 2.30. The number of hydrogen-bond acceptors (Lipinski definition) is 3. The van der Waals surface area contributed by atoms with Crippen LogP contribution in [-0.4, -0.2) is 41.6 Å². The minimum Gasteiger partial charge on any atom is -0.444 e. The summed E-state index contributed by atoms with van der Waals surface area (Å²) in [6.45, 7) is 9.24. The molecule has 1 atom stereocenters. The third-order valence-electron chi connectivity index (χ3n) is 3.98. The molecule has 1 N–H and O–H groups in total. The van der Waals surface area contributed by atoms with Crippen LogP contribution in [0, 0.1) is 11.6 Å². The fourth-order valence-electron chi connectivity index (χ4n) is 2.83. The van der Waals surface area contributed by atoms with Gasteiger partial charge in [0.1, 0.15) is 22.8 Å². The van der Waals surface area contributed by atoms with Crippen molar-refractivity contribution in [3.05, 3.63) is 41.5 Å². The van der Waals surface area contributed by atoms with Gasteiger partial charge in [-0.3, -0.25) is 4.79 Å². The van der Waals surface area contributed by atoms with Crippen molar-refractivity contribution in [2.45, 2.75) is 45.3 Å². The lowest BCUT2D eigenvalue weighted by Crippen LogP contribution is -2.50. The third kappa shape index (κ3) is 4.80. The van der Waals surface area contributed by atoms with Gasteiger partial charge in [-0.15, -0.1) is 0 Å². The Labute approximate surface area is 152 Å². The van der Waals surface area contributed by atoms with Gasteiger partial charge in [0.25, 0.3) is 5.91 Å². The summed E-state index contributed by atoms with van der Waals surface area (Å²) in [5.41, 5.74) is -1.17. The number of rotatable bonds is 3. The Bertz CT molecular complexity index is 713. The Morgan fingerprint density at radius 1 is 1.35 bits per heavy atom. The molecular formula is C19H24F2N2O3. The molecule has 142 valence electrons. The van der Waals surface area contributed by atoms with Crippen LogP contribution in [0.5, 0.6) is 0 Å². The molecular weight excluding hydrogens is 342 g/mol. The second-order valence-electron chi connectivity index (χ2n) is 7.27. The summed E-state index contributed by atoms with van der Waals surface area (Å²) < 4.78 is 33.6. The van der Waals surface area contributed by atoms with Crippen LogP contribution < -0.4 is 5.32 Å². The minimum absolute atomic E-state index is 0.0650. The number of alkyl carbamates (subject to hydrolysis) is 1. The first kappa shape index (κ1) is 19.9. The quantitative estimate of drug-likeness (QED) is 0.887. The number of nitrogens with one attached hydrogen (secondary N) is 1. The molecule has 5 nitrogen and oxygen atoms in total. The molecule has 26 heavy (non-hydrogen) atoms. The van der Waals surface area contributed by atoms with E-state index in [0.29, 0.717) is 19.4 Å². The maximum absolute atomic E-state index is 14.4. The number of carbonyl (C=O) groups is 2. The molecule has 0 radical (unpaired) electrons. The van der Waals surface area contributed by atoms with Crippen LogP contribution in [0.25, 0.3) is 6.08 Å². The van der Waals surface area contributed by atoms with Gasteiger partial charge in [-0.05, 0) is 45.7 Å². The Morgan fingerprint density at radius 3 is 2.65 bits per heavy atom. The van der Waals surface area contributed by atoms with Crippen molar-refractivity contribution in [2.75, 3.05) is 13.1 Å². The van der Waals surface area contributed by atoms with E-state index < -0.39 is 34.8 Å². The van der Waals surface area contributed by atoms with Crippen LogP contribution in [0.2, 0.25) is 0 Å². The first-order chi connectivity index (χ1) is 12.1. The van der Waals surface area contributed by atoms with E-state index in [1.165, 1.54) is 17.0 Å². The summed E-state index contributed by atoms with van der Waals surface area (Å²) >= 11 is 0. The molecule has 2 amide bonds. The molecule has 7 heteroatoms. The average Bonchev–Trinajstić information content (AvgIpc) is 2.53. The van der Waals surface area contributed by atoms with Crippen LogP contribution in [-0.2, 0) is 4.74 Å². The van der Waals surface area contributed by atoms with Crippen LogP contribution in [0.3, 0.4) is 0 Å². The SMILES string of the molecule is C=Cc1ccc(F)c(C(=O)N2CCCC(NC(=O)OC(C)(C)C)C2)c1F. The van der Waals surface area contributed by atoms with Crippen LogP contribution >= 0.6 is 0 Å². The van der Waals surface area contributed by atoms with E-state index in [0.717, 1.165) is 6.07 Å². The lowest BCUT2D eigenvalue weighted by molar-refractivity contribution is 0.0450. The van der Waals surface area contributed by atoms with E-state index in [1.54, 1.807) is 20.8 Å². The molecule has 1 heterocycles. The maximum Gasteiger partial charge on any atom is 0.407 e. The number of benzene rings is 1. The number of likely N-dealkylation sites (tertiary alicyclic amines) is 1. The van der Waals surface area contributed by atoms with Crippen molar-refractivity contribution in [2.24, 2.45) is 0 Å². The minimum atomic E-state index is -0.924. The number of nitrogens with zero attached hydrogens (tertiary/aromatic N) is 1. The average molecular weight is 366 g/mol. The van der Waals surface area contributed by atoms with Crippen molar-refractivity contribution in [3.63, 3.8) is 0 Å². The standard InChI is InChI=1S/C19H24F2N2O3/c1-5-12-8-9-14(20)15(16(12)21)17(24)23-10-6-7-13(11-23)22-18(25)26-19(2,3)4/h5,8-9,13H,1,6-7,10-11H2,2-4H3,(H,22,25). The second-order valence-corrected chi connectivity index (χ2v) is 7.27. The van der Waals surface area contributed by atoms with E-state index in [4.69, 9.17) is 4.74 Å². The van der Waals surface area contributed by atoms with Crippen molar-refractivity contribution in [1.82, 2.24) is 10.2 Å². The number of hydrogen-bond donors (Lipinski definition) is 1. The third-order valence-corrected chi connectivity index (χ3v) is 3.98. The Hall–Kier alpha value is -2.44. The van der Waals surface area contributed by atoms with Gasteiger partial charge >= 0.3 is 6.09 Å². The van der Waals surface area contributed by atoms with E-state index >= 15 is 0 Å². The van der Waals surface area contributed by atoms with Gasteiger partial charge in [0.05, 0.1) is 0 Å². The summed E-state index contributed by atoms with van der Waals surface area (Å²) in [4.78, 5) is 25.9. The Morgan fingerprint density at radius 2 is 2.04 bits per heavy atom. The summed E-state index contributed by atoms with van der Waals surface area (Å²) in [6.07, 6.45) is 1.91. The first-order valence-corrected chi connectivity index (χ1v) is 8.51. The van der Waals surface area contributed by atoms with Gasteiger partial charge in [0, 0.05) is 24.7 Å². The predicted molar refractivity (Wildman–Crippen MR) is 94.7 cm³/mol. The Balaban J connectivity index is 2.11. The van der Waals surface area contributed by atoms with Crippen molar-refractivity contribution in [1.29, 1.82) is 0 Å². The van der Waals surface area contributed by atoms with E-state index in [2.05, 4.69) is 11.9 Å². The first-order valence-electron chi connectivity index (χ1n) is 8.51. The van der Waals surface area contributed by atoms with Crippen LogP contribution in [0.15, 0.2) is 18.7 Å². The van der Waals surface area contributed by atoms with Gasteiger partial charge < -0.3 is 15.0 Å². The molecule has 1 fully saturated rings. The summed E-state index contributed by atoms with van der Waals surface area (Å²) in [7, 11) is 0. The normalized spacial score (nSPS) is 17.6. The maximum atomic E-state index is 14.4. The number of piperidine rings is 1. The molecule has 1 aliphatic rings. The molecule has 1 aliphatic heterocycles. The predicted octanol–water partition coefficient (Wildman–Crippen LogP) is 3.74. The molecule has 0 aliphatic carbocycles. The fraction of sp³-hybridized carbons (Fsp3) is 0.474. The molecule has 1 saturated heterocycles. The molecule has 0 spiro atoms. The van der Waals surface area contributed by atoms with Gasteiger partial charge in [-0.25, -0.2) is 13.6 Å². The van der Waals surface area contributed by atoms with Crippen molar-refractivity contribution in [3.8, 4) is 0 Å². The van der Waals surface area contributed by atoms with Gasteiger partial charge in [-0.1, -0.05) is 12.7 Å². The zero-order valence-corrected chi connectivity index (χ0v) is 15.3. The largest absolute Gasteiger partial charge is 0.444 e. The van der Waals surface area contributed by atoms with Gasteiger partial charge in [0.15, 0.2) is 0 Å². The van der Waals surface area contributed by atoms with Crippen LogP contribution in [0.4, 0.5) is 13.6 Å². The monoisotopic (exact) mass is 366 g/mol. The molecule has 1 aromatic carbocycles. The smallest absolute Gasteiger partial charge is 0.407 e. The zero-order chi connectivity index (χ0) is 19.5. The van der Waals surface area contributed by atoms with E-state index in [1.807, 2.05) is 0 Å². The summed E-state index contributed by atoms with van der Waals surface area (Å²) in [5.74, 6) is -2.58. The molecule has 0 aromatic heterocycles. The molecule has 0 bridgehead atoms. The highest BCUT2D eigenvalue weighted by Crippen LogP contribution is 2.22. The van der Waals surface area contributed by atoms with Crippen molar-refractivity contribution >= 4 is 18.1 Å². The van der Waals surface area contributed by atoms with Gasteiger partial charge in [-0.2, -0.15) is 0 Å². The topological polar surface area (TPSA) is 58.6 Å². The second kappa shape index (κ2) is 7.85. The lowest BCUT2D eigenvalue weighted by atomic mass is 10.0. The molecule has 0 saturated carbocycles. The number of carbonyl (C=O) groups excluding carboxylic acids is 2. The number of ether oxygens (including phenoxy) is 1. The molecule has 1 aromatic rings. The highest BCUT2D eigenvalue weighted by molar-refractivity contribution is 5.95. The summed E-state index contributed by atoms with van der Waals surface area (Å²) in [6, 6.07) is 1.95. The number of amides is 2. The summed E-state index contributed by atoms with van der Waals surface area (Å²) in [5, 5.41) is 2.70. The Kier molecular flexibility index (Phi) is 6.00.